The van der Waals surface area contributed by atoms with Crippen LogP contribution in [0.2, 0.25) is 4.34 Å². The van der Waals surface area contributed by atoms with Gasteiger partial charge in [0.05, 0.1) is 20.9 Å². The second kappa shape index (κ2) is 8.02. The molecule has 31 heavy (non-hydrogen) atoms. The molecule has 0 aliphatic carbocycles. The van der Waals surface area contributed by atoms with Gasteiger partial charge in [-0.15, -0.1) is 11.3 Å². The molecule has 0 fully saturated rings. The summed E-state index contributed by atoms with van der Waals surface area (Å²) in [6, 6.07) is 14.7. The Labute approximate surface area is 185 Å². The number of sulfonamides is 1. The van der Waals surface area contributed by atoms with Crippen LogP contribution in [0.25, 0.3) is 16.6 Å². The molecule has 0 saturated carbocycles. The van der Waals surface area contributed by atoms with Crippen molar-refractivity contribution in [3.05, 3.63) is 75.4 Å². The van der Waals surface area contributed by atoms with Gasteiger partial charge in [0.2, 0.25) is 5.95 Å². The van der Waals surface area contributed by atoms with Gasteiger partial charge in [0.1, 0.15) is 4.21 Å². The van der Waals surface area contributed by atoms with E-state index in [0.717, 1.165) is 11.3 Å². The van der Waals surface area contributed by atoms with Crippen molar-refractivity contribution in [1.82, 2.24) is 14.3 Å². The Hall–Kier alpha value is -3.41. The van der Waals surface area contributed by atoms with Crippen molar-refractivity contribution in [1.29, 1.82) is 0 Å². The SMILES string of the molecule is Nc1nc2ccccc2c(=O)n1-c1ccc(NC(=O)NS(=O)(=O)c2ccc(Cl)s2)cc1. The number of nitrogen functional groups attached to an aromatic ring is 1. The Morgan fingerprint density at radius 3 is 2.45 bits per heavy atom. The molecule has 0 unspecified atom stereocenters. The highest BCUT2D eigenvalue weighted by molar-refractivity contribution is 7.92. The number of hydrogen-bond donors (Lipinski definition) is 3. The van der Waals surface area contributed by atoms with E-state index in [1.807, 2.05) is 4.72 Å². The lowest BCUT2D eigenvalue weighted by Gasteiger charge is -2.12. The molecule has 4 rings (SSSR count). The van der Waals surface area contributed by atoms with Gasteiger partial charge in [0.15, 0.2) is 0 Å². The quantitative estimate of drug-likeness (QED) is 0.414. The van der Waals surface area contributed by atoms with Crippen LogP contribution in [0.5, 0.6) is 0 Å². The molecular weight excluding hydrogens is 462 g/mol. The number of rotatable bonds is 4. The maximum absolute atomic E-state index is 12.8. The van der Waals surface area contributed by atoms with Crippen LogP contribution in [0.4, 0.5) is 16.4 Å². The Morgan fingerprint density at radius 1 is 1.06 bits per heavy atom. The molecule has 0 aliphatic heterocycles. The average molecular weight is 476 g/mol. The van der Waals surface area contributed by atoms with Gasteiger partial charge in [-0.05, 0) is 48.5 Å². The number of carbonyl (C=O) groups is 1. The highest BCUT2D eigenvalue weighted by Gasteiger charge is 2.20. The number of aromatic nitrogens is 2. The van der Waals surface area contributed by atoms with Crippen molar-refractivity contribution in [3.63, 3.8) is 0 Å². The molecule has 4 N–H and O–H groups in total. The third kappa shape index (κ3) is 4.24. The fourth-order valence-electron chi connectivity index (χ4n) is 2.86. The highest BCUT2D eigenvalue weighted by atomic mass is 35.5. The van der Waals surface area contributed by atoms with Gasteiger partial charge in [0.25, 0.3) is 15.6 Å². The first kappa shape index (κ1) is 20.8. The lowest BCUT2D eigenvalue weighted by molar-refractivity contribution is 0.256. The summed E-state index contributed by atoms with van der Waals surface area (Å²) >= 11 is 6.57. The fourth-order valence-corrected chi connectivity index (χ4v) is 5.25. The summed E-state index contributed by atoms with van der Waals surface area (Å²) < 4.78 is 27.7. The smallest absolute Gasteiger partial charge is 0.333 e. The van der Waals surface area contributed by atoms with Gasteiger partial charge in [-0.1, -0.05) is 23.7 Å². The predicted octanol–water partition coefficient (Wildman–Crippen LogP) is 3.19. The van der Waals surface area contributed by atoms with Gasteiger partial charge >= 0.3 is 6.03 Å². The summed E-state index contributed by atoms with van der Waals surface area (Å²) in [4.78, 5) is 29.1. The van der Waals surface area contributed by atoms with Gasteiger partial charge in [-0.2, -0.15) is 0 Å². The molecule has 0 spiro atoms. The minimum Gasteiger partial charge on any atom is -0.369 e. The normalized spacial score (nSPS) is 11.4. The van der Waals surface area contributed by atoms with E-state index in [2.05, 4.69) is 10.3 Å². The Balaban J connectivity index is 1.55. The van der Waals surface area contributed by atoms with Crippen molar-refractivity contribution < 1.29 is 13.2 Å². The Kier molecular flexibility index (Phi) is 5.39. The molecular formula is C19H14ClN5O4S2. The minimum atomic E-state index is -4.04. The zero-order valence-electron chi connectivity index (χ0n) is 15.6. The number of nitrogens with two attached hydrogens (primary N) is 1. The van der Waals surface area contributed by atoms with E-state index in [1.54, 1.807) is 36.4 Å². The number of thiophene rings is 1. The molecule has 0 radical (unpaired) electrons. The van der Waals surface area contributed by atoms with Crippen molar-refractivity contribution in [3.8, 4) is 5.69 Å². The van der Waals surface area contributed by atoms with Crippen LogP contribution < -0.4 is 21.3 Å². The van der Waals surface area contributed by atoms with Crippen molar-refractivity contribution in [2.24, 2.45) is 0 Å². The van der Waals surface area contributed by atoms with Crippen molar-refractivity contribution in [2.75, 3.05) is 11.1 Å². The zero-order valence-corrected chi connectivity index (χ0v) is 18.0. The summed E-state index contributed by atoms with van der Waals surface area (Å²) in [7, 11) is -4.04. The Morgan fingerprint density at radius 2 is 1.77 bits per heavy atom. The number of nitrogens with one attached hydrogen (secondary N) is 2. The third-order valence-electron chi connectivity index (χ3n) is 4.23. The summed E-state index contributed by atoms with van der Waals surface area (Å²) in [5, 5.41) is 2.83. The minimum absolute atomic E-state index is 0.0165. The van der Waals surface area contributed by atoms with E-state index in [1.165, 1.54) is 28.8 Å². The van der Waals surface area contributed by atoms with E-state index in [-0.39, 0.29) is 20.1 Å². The van der Waals surface area contributed by atoms with Crippen molar-refractivity contribution >= 4 is 61.5 Å². The molecule has 2 aromatic carbocycles. The first-order chi connectivity index (χ1) is 14.7. The first-order valence-corrected chi connectivity index (χ1v) is 11.4. The number of halogens is 1. The average Bonchev–Trinajstić information content (AvgIpc) is 3.16. The number of fused-ring (bicyclic) bond motifs is 1. The third-order valence-corrected chi connectivity index (χ3v) is 7.28. The predicted molar refractivity (Wildman–Crippen MR) is 120 cm³/mol. The molecule has 12 heteroatoms. The monoisotopic (exact) mass is 475 g/mol. The van der Waals surface area contributed by atoms with Crippen LogP contribution in [-0.2, 0) is 10.0 Å². The van der Waals surface area contributed by atoms with Crippen LogP contribution in [0.15, 0.2) is 69.7 Å². The standard InChI is InChI=1S/C19H14ClN5O4S2/c20-15-9-10-16(30-15)31(28,29)24-19(27)22-11-5-7-12(8-6-11)25-17(26)13-3-1-2-4-14(13)23-18(25)21/h1-10H,(H2,21,23)(H2,22,24,27). The lowest BCUT2D eigenvalue weighted by atomic mass is 10.2. The van der Waals surface area contributed by atoms with Gasteiger partial charge in [-0.25, -0.2) is 27.5 Å². The van der Waals surface area contributed by atoms with Crippen LogP contribution in [0, 0.1) is 0 Å². The molecule has 0 bridgehead atoms. The van der Waals surface area contributed by atoms with Crippen molar-refractivity contribution in [2.45, 2.75) is 4.21 Å². The van der Waals surface area contributed by atoms with Crippen LogP contribution in [0.1, 0.15) is 0 Å². The molecule has 9 nitrogen and oxygen atoms in total. The van der Waals surface area contributed by atoms with Gasteiger partial charge in [-0.3, -0.25) is 4.79 Å². The maximum atomic E-state index is 12.8. The zero-order chi connectivity index (χ0) is 22.2. The number of urea groups is 1. The number of benzene rings is 2. The second-order valence-corrected chi connectivity index (χ2v) is 9.92. The Bertz CT molecular complexity index is 1460. The van der Waals surface area contributed by atoms with Crippen LogP contribution in [0.3, 0.4) is 0 Å². The molecule has 2 amide bonds. The first-order valence-electron chi connectivity index (χ1n) is 8.71. The topological polar surface area (TPSA) is 136 Å². The summed E-state index contributed by atoms with van der Waals surface area (Å²) in [5.74, 6) is 0.0165. The van der Waals surface area contributed by atoms with Crippen LogP contribution >= 0.6 is 22.9 Å². The van der Waals surface area contributed by atoms with E-state index >= 15 is 0 Å². The summed E-state index contributed by atoms with van der Waals surface area (Å²) in [5.41, 5.74) is 6.86. The number of amides is 2. The summed E-state index contributed by atoms with van der Waals surface area (Å²) in [6.07, 6.45) is 0. The fraction of sp³-hybridized carbons (Fsp3) is 0. The molecule has 2 aromatic heterocycles. The number of nitrogens with zero attached hydrogens (tertiary/aromatic N) is 2. The largest absolute Gasteiger partial charge is 0.369 e. The maximum Gasteiger partial charge on any atom is 0.333 e. The number of carbonyl (C=O) groups excluding carboxylic acids is 1. The van der Waals surface area contributed by atoms with Gasteiger partial charge in [0, 0.05) is 5.69 Å². The molecule has 0 saturated heterocycles. The molecule has 0 atom stereocenters. The number of hydrogen-bond acceptors (Lipinski definition) is 7. The molecule has 0 aliphatic rings. The number of anilines is 2. The summed E-state index contributed by atoms with van der Waals surface area (Å²) in [6.45, 7) is 0. The molecule has 158 valence electrons. The second-order valence-electron chi connectivity index (χ2n) is 6.29. The van der Waals surface area contributed by atoms with E-state index in [0.29, 0.717) is 22.3 Å². The number of para-hydroxylation sites is 1. The lowest BCUT2D eigenvalue weighted by Crippen LogP contribution is -2.33. The van der Waals surface area contributed by atoms with E-state index in [4.69, 9.17) is 17.3 Å². The molecule has 4 aromatic rings. The van der Waals surface area contributed by atoms with Crippen LogP contribution in [-0.4, -0.2) is 24.0 Å². The highest BCUT2D eigenvalue weighted by Crippen LogP contribution is 2.25. The van der Waals surface area contributed by atoms with E-state index < -0.39 is 16.1 Å². The van der Waals surface area contributed by atoms with E-state index in [9.17, 15) is 18.0 Å². The molecule has 2 heterocycles. The van der Waals surface area contributed by atoms with Gasteiger partial charge < -0.3 is 11.1 Å².